The summed E-state index contributed by atoms with van der Waals surface area (Å²) in [5.41, 5.74) is 1.66. The molecule has 0 saturated carbocycles. The molecule has 1 aromatic rings. The van der Waals surface area contributed by atoms with Crippen LogP contribution in [0.2, 0.25) is 0 Å². The van der Waals surface area contributed by atoms with Crippen LogP contribution in [0.15, 0.2) is 42.3 Å². The summed E-state index contributed by atoms with van der Waals surface area (Å²) in [5.74, 6) is 0. The molecule has 1 heterocycles. The van der Waals surface area contributed by atoms with E-state index in [-0.39, 0.29) is 0 Å². The fourth-order valence-corrected chi connectivity index (χ4v) is 0.982. The topological polar surface area (TPSA) is 50.2 Å². The van der Waals surface area contributed by atoms with Crippen molar-refractivity contribution in [2.45, 2.75) is 6.92 Å². The molecule has 1 aromatic heterocycles. The van der Waals surface area contributed by atoms with E-state index in [0.29, 0.717) is 0 Å². The first kappa shape index (κ1) is 11.1. The molecule has 0 spiro atoms. The largest absolute Gasteiger partial charge is 0.345 e. The number of rotatable bonds is 5. The molecule has 0 amide bonds. The number of nitrogens with one attached hydrogen (secondary N) is 1. The number of hydrogen-bond donors (Lipinski definition) is 1. The maximum absolute atomic E-state index is 4.13. The Kier molecular flexibility index (Phi) is 4.80. The predicted molar refractivity (Wildman–Crippen MR) is 62.4 cm³/mol. The summed E-state index contributed by atoms with van der Waals surface area (Å²) in [7, 11) is 0. The van der Waals surface area contributed by atoms with E-state index in [1.807, 2.05) is 19.1 Å². The van der Waals surface area contributed by atoms with Crippen LogP contribution in [0.25, 0.3) is 5.70 Å². The molecule has 0 saturated heterocycles. The van der Waals surface area contributed by atoms with Crippen LogP contribution in [-0.2, 0) is 0 Å². The molecule has 0 aliphatic rings. The fourth-order valence-electron chi connectivity index (χ4n) is 0.982. The van der Waals surface area contributed by atoms with Crippen LogP contribution in [0.5, 0.6) is 0 Å². The van der Waals surface area contributed by atoms with Crippen molar-refractivity contribution in [1.82, 2.24) is 15.3 Å². The van der Waals surface area contributed by atoms with E-state index in [1.165, 1.54) is 6.33 Å². The second kappa shape index (κ2) is 6.48. The zero-order chi connectivity index (χ0) is 10.9. The quantitative estimate of drug-likeness (QED) is 0.448. The first-order chi connectivity index (χ1) is 7.38. The monoisotopic (exact) mass is 202 g/mol. The van der Waals surface area contributed by atoms with E-state index in [4.69, 9.17) is 0 Å². The maximum Gasteiger partial charge on any atom is 0.116 e. The molecule has 78 valence electrons. The van der Waals surface area contributed by atoms with Gasteiger partial charge in [-0.1, -0.05) is 12.7 Å². The second-order valence-electron chi connectivity index (χ2n) is 2.68. The van der Waals surface area contributed by atoms with Gasteiger partial charge in [0, 0.05) is 12.7 Å². The lowest BCUT2D eigenvalue weighted by atomic mass is 10.3. The SMILES string of the molecule is C=C/C=C(\NC=NCC)c1ccncn1. The van der Waals surface area contributed by atoms with Crippen LogP contribution in [0.4, 0.5) is 0 Å². The fraction of sp³-hybridized carbons (Fsp3) is 0.182. The van der Waals surface area contributed by atoms with Gasteiger partial charge < -0.3 is 5.32 Å². The lowest BCUT2D eigenvalue weighted by Gasteiger charge is -2.04. The summed E-state index contributed by atoms with van der Waals surface area (Å²) >= 11 is 0. The summed E-state index contributed by atoms with van der Waals surface area (Å²) < 4.78 is 0. The van der Waals surface area contributed by atoms with Gasteiger partial charge in [-0.05, 0) is 19.1 Å². The highest BCUT2D eigenvalue weighted by Gasteiger charge is 1.98. The summed E-state index contributed by atoms with van der Waals surface area (Å²) in [6.07, 6.45) is 8.38. The van der Waals surface area contributed by atoms with Crippen molar-refractivity contribution in [1.29, 1.82) is 0 Å². The first-order valence-corrected chi connectivity index (χ1v) is 4.72. The Morgan fingerprint density at radius 1 is 1.67 bits per heavy atom. The summed E-state index contributed by atoms with van der Waals surface area (Å²) in [6, 6.07) is 1.82. The Labute approximate surface area is 89.5 Å². The number of aliphatic imine (C=N–C) groups is 1. The van der Waals surface area contributed by atoms with Crippen LogP contribution < -0.4 is 5.32 Å². The van der Waals surface area contributed by atoms with Crippen molar-refractivity contribution >= 4 is 12.0 Å². The molecular formula is C11H14N4. The van der Waals surface area contributed by atoms with Crippen molar-refractivity contribution in [2.75, 3.05) is 6.54 Å². The van der Waals surface area contributed by atoms with Gasteiger partial charge in [0.2, 0.25) is 0 Å². The Balaban J connectivity index is 2.80. The van der Waals surface area contributed by atoms with Crippen molar-refractivity contribution < 1.29 is 0 Å². The Morgan fingerprint density at radius 3 is 3.13 bits per heavy atom. The first-order valence-electron chi connectivity index (χ1n) is 4.72. The zero-order valence-electron chi connectivity index (χ0n) is 8.72. The van der Waals surface area contributed by atoms with Gasteiger partial charge in [-0.25, -0.2) is 9.97 Å². The van der Waals surface area contributed by atoms with E-state index in [0.717, 1.165) is 17.9 Å². The molecule has 0 bridgehead atoms. The van der Waals surface area contributed by atoms with Gasteiger partial charge in [0.25, 0.3) is 0 Å². The molecule has 0 fully saturated rings. The molecule has 0 aliphatic carbocycles. The van der Waals surface area contributed by atoms with Crippen LogP contribution in [0.3, 0.4) is 0 Å². The minimum Gasteiger partial charge on any atom is -0.345 e. The maximum atomic E-state index is 4.13. The van der Waals surface area contributed by atoms with Gasteiger partial charge in [0.1, 0.15) is 6.33 Å². The van der Waals surface area contributed by atoms with Crippen LogP contribution in [0, 0.1) is 0 Å². The highest BCUT2D eigenvalue weighted by atomic mass is 15.0. The molecule has 4 heteroatoms. The Hall–Kier alpha value is -1.97. The van der Waals surface area contributed by atoms with E-state index in [9.17, 15) is 0 Å². The average molecular weight is 202 g/mol. The molecule has 15 heavy (non-hydrogen) atoms. The van der Waals surface area contributed by atoms with Crippen LogP contribution >= 0.6 is 0 Å². The molecule has 0 radical (unpaired) electrons. The van der Waals surface area contributed by atoms with E-state index < -0.39 is 0 Å². The van der Waals surface area contributed by atoms with Crippen molar-refractivity contribution in [3.63, 3.8) is 0 Å². The van der Waals surface area contributed by atoms with Crippen molar-refractivity contribution in [3.05, 3.63) is 43.0 Å². The predicted octanol–water partition coefficient (Wildman–Crippen LogP) is 1.64. The van der Waals surface area contributed by atoms with Crippen LogP contribution in [0.1, 0.15) is 12.6 Å². The molecule has 1 rings (SSSR count). The van der Waals surface area contributed by atoms with E-state index in [2.05, 4.69) is 26.9 Å². The lowest BCUT2D eigenvalue weighted by molar-refractivity contribution is 1.10. The smallest absolute Gasteiger partial charge is 0.116 e. The highest BCUT2D eigenvalue weighted by molar-refractivity contribution is 5.75. The van der Waals surface area contributed by atoms with Gasteiger partial charge in [0.15, 0.2) is 0 Å². The van der Waals surface area contributed by atoms with Crippen LogP contribution in [-0.4, -0.2) is 22.9 Å². The molecule has 0 unspecified atom stereocenters. The highest BCUT2D eigenvalue weighted by Crippen LogP contribution is 2.05. The molecule has 0 aliphatic heterocycles. The molecule has 1 N–H and O–H groups in total. The molecular weight excluding hydrogens is 188 g/mol. The van der Waals surface area contributed by atoms with E-state index >= 15 is 0 Å². The molecule has 0 aromatic carbocycles. The second-order valence-corrected chi connectivity index (χ2v) is 2.68. The number of aromatic nitrogens is 2. The molecule has 0 atom stereocenters. The third-order valence-electron chi connectivity index (χ3n) is 1.64. The third-order valence-corrected chi connectivity index (χ3v) is 1.64. The third kappa shape index (κ3) is 3.72. The van der Waals surface area contributed by atoms with Crippen molar-refractivity contribution in [2.24, 2.45) is 4.99 Å². The van der Waals surface area contributed by atoms with E-state index in [1.54, 1.807) is 18.6 Å². The van der Waals surface area contributed by atoms with Gasteiger partial charge in [-0.3, -0.25) is 4.99 Å². The number of allylic oxidation sites excluding steroid dienone is 2. The minimum atomic E-state index is 0.748. The normalized spacial score (nSPS) is 11.7. The van der Waals surface area contributed by atoms with Gasteiger partial charge in [0.05, 0.1) is 17.7 Å². The van der Waals surface area contributed by atoms with Gasteiger partial charge in [-0.15, -0.1) is 0 Å². The summed E-state index contributed by atoms with van der Waals surface area (Å²) in [4.78, 5) is 12.0. The van der Waals surface area contributed by atoms with Gasteiger partial charge >= 0.3 is 0 Å². The Morgan fingerprint density at radius 2 is 2.53 bits per heavy atom. The van der Waals surface area contributed by atoms with Crippen molar-refractivity contribution in [3.8, 4) is 0 Å². The summed E-state index contributed by atoms with van der Waals surface area (Å²) in [6.45, 7) is 6.37. The minimum absolute atomic E-state index is 0.748. The standard InChI is InChI=1S/C11H14N4/c1-3-5-10(14-8-12-4-2)11-6-7-13-9-15-11/h3,5-9H,1,4H2,2H3,(H,12,14)/b10-5-. The zero-order valence-corrected chi connectivity index (χ0v) is 8.72. The molecule has 4 nitrogen and oxygen atoms in total. The number of hydrogen-bond acceptors (Lipinski definition) is 3. The van der Waals surface area contributed by atoms with Gasteiger partial charge in [-0.2, -0.15) is 0 Å². The summed E-state index contributed by atoms with van der Waals surface area (Å²) in [5, 5.41) is 3.05. The number of nitrogens with zero attached hydrogens (tertiary/aromatic N) is 3. The Bertz CT molecular complexity index is 354. The lowest BCUT2D eigenvalue weighted by Crippen LogP contribution is -2.10. The average Bonchev–Trinajstić information content (AvgIpc) is 2.29.